The van der Waals surface area contributed by atoms with Gasteiger partial charge in [-0.1, -0.05) is 13.8 Å². The molecule has 8 heavy (non-hydrogen) atoms. The number of nitrogens with one attached hydrogen (secondary N) is 1. The van der Waals surface area contributed by atoms with E-state index in [4.69, 9.17) is 0 Å². The van der Waals surface area contributed by atoms with Crippen molar-refractivity contribution in [2.75, 3.05) is 19.4 Å². The van der Waals surface area contributed by atoms with E-state index in [1.165, 1.54) is 0 Å². The van der Waals surface area contributed by atoms with Gasteiger partial charge in [-0.15, -0.1) is 0 Å². The van der Waals surface area contributed by atoms with Crippen LogP contribution in [0, 0.1) is 0 Å². The summed E-state index contributed by atoms with van der Waals surface area (Å²) in [6.07, 6.45) is 1.53. The van der Waals surface area contributed by atoms with Gasteiger partial charge in [0.25, 0.3) is 0 Å². The van der Waals surface area contributed by atoms with E-state index in [1.807, 2.05) is 13.8 Å². The molecule has 3 heteroatoms. The van der Waals surface area contributed by atoms with Gasteiger partial charge in [0.1, 0.15) is 7.29 Å². The Hall–Kier alpha value is 0.190. The maximum absolute atomic E-state index is 11.2. The largest absolute Gasteiger partial charge is 0.307 e. The van der Waals surface area contributed by atoms with Crippen molar-refractivity contribution < 1.29 is 4.57 Å². The highest BCUT2D eigenvalue weighted by molar-refractivity contribution is 7.61. The molecule has 2 nitrogen and oxygen atoms in total. The first-order valence-electron chi connectivity index (χ1n) is 2.95. The Balaban J connectivity index is 3.79. The fourth-order valence-electron chi connectivity index (χ4n) is 0.540. The molecule has 50 valence electrons. The lowest BCUT2D eigenvalue weighted by atomic mass is 11.0. The van der Waals surface area contributed by atoms with Crippen molar-refractivity contribution in [3.63, 3.8) is 0 Å². The molecular formula is C5H14NOP. The van der Waals surface area contributed by atoms with Gasteiger partial charge in [-0.25, -0.2) is 0 Å². The Morgan fingerprint density at radius 2 is 1.75 bits per heavy atom. The Bertz CT molecular complexity index is 83.6. The molecule has 0 saturated heterocycles. The van der Waals surface area contributed by atoms with Crippen molar-refractivity contribution in [3.8, 4) is 0 Å². The van der Waals surface area contributed by atoms with E-state index in [-0.39, 0.29) is 0 Å². The van der Waals surface area contributed by atoms with Crippen LogP contribution in [-0.2, 0) is 4.57 Å². The van der Waals surface area contributed by atoms with E-state index >= 15 is 0 Å². The highest BCUT2D eigenvalue weighted by atomic mass is 31.2. The predicted molar refractivity (Wildman–Crippen MR) is 37.7 cm³/mol. The normalized spacial score (nSPS) is 11.9. The number of rotatable bonds is 3. The fourth-order valence-corrected chi connectivity index (χ4v) is 1.62. The summed E-state index contributed by atoms with van der Waals surface area (Å²) in [5.74, 6) is 0. The van der Waals surface area contributed by atoms with Gasteiger partial charge in [-0.2, -0.15) is 0 Å². The van der Waals surface area contributed by atoms with Gasteiger partial charge in [0, 0.05) is 12.3 Å². The van der Waals surface area contributed by atoms with Crippen LogP contribution in [-0.4, -0.2) is 19.4 Å². The molecule has 0 saturated carbocycles. The molecule has 0 atom stereocenters. The van der Waals surface area contributed by atoms with Gasteiger partial charge in [0.15, 0.2) is 0 Å². The predicted octanol–water partition coefficient (Wildman–Crippen LogP) is 1.52. The van der Waals surface area contributed by atoms with E-state index in [2.05, 4.69) is 5.09 Å². The van der Waals surface area contributed by atoms with E-state index in [1.54, 1.807) is 7.05 Å². The van der Waals surface area contributed by atoms with Crippen LogP contribution >= 0.6 is 7.29 Å². The van der Waals surface area contributed by atoms with Gasteiger partial charge in [-0.05, 0) is 7.05 Å². The summed E-state index contributed by atoms with van der Waals surface area (Å²) in [6.45, 7) is 3.89. The molecule has 0 amide bonds. The molecule has 0 aliphatic heterocycles. The Morgan fingerprint density at radius 1 is 1.38 bits per heavy atom. The van der Waals surface area contributed by atoms with Gasteiger partial charge in [0.05, 0.1) is 0 Å². The van der Waals surface area contributed by atoms with E-state index in [0.717, 1.165) is 12.3 Å². The molecule has 0 aromatic carbocycles. The van der Waals surface area contributed by atoms with Crippen molar-refractivity contribution in [1.29, 1.82) is 0 Å². The topological polar surface area (TPSA) is 29.1 Å². The zero-order valence-electron chi connectivity index (χ0n) is 5.77. The minimum absolute atomic E-state index is 0.764. The average Bonchev–Trinajstić information content (AvgIpc) is 1.87. The molecule has 0 aliphatic carbocycles. The number of hydrogen-bond donors (Lipinski definition) is 1. The van der Waals surface area contributed by atoms with Crippen LogP contribution in [0.1, 0.15) is 13.8 Å². The van der Waals surface area contributed by atoms with Crippen molar-refractivity contribution in [3.05, 3.63) is 0 Å². The highest BCUT2D eigenvalue weighted by Crippen LogP contribution is 2.38. The SMILES string of the molecule is CCP(=O)(CC)NC. The fraction of sp³-hybridized carbons (Fsp3) is 1.00. The van der Waals surface area contributed by atoms with Crippen molar-refractivity contribution in [2.24, 2.45) is 0 Å². The maximum Gasteiger partial charge on any atom is 0.147 e. The summed E-state index contributed by atoms with van der Waals surface area (Å²) >= 11 is 0. The second-order valence-corrected chi connectivity index (χ2v) is 5.24. The molecule has 1 N–H and O–H groups in total. The highest BCUT2D eigenvalue weighted by Gasteiger charge is 2.11. The molecule has 0 heterocycles. The summed E-state index contributed by atoms with van der Waals surface area (Å²) in [4.78, 5) is 0. The minimum Gasteiger partial charge on any atom is -0.307 e. The standard InChI is InChI=1S/C5H14NOP/c1-4-8(7,5-2)6-3/h4-5H2,1-3H3,(H,6,7). The zero-order valence-corrected chi connectivity index (χ0v) is 6.66. The van der Waals surface area contributed by atoms with E-state index in [9.17, 15) is 4.57 Å². The lowest BCUT2D eigenvalue weighted by Crippen LogP contribution is -2.06. The third-order valence-electron chi connectivity index (χ3n) is 1.43. The lowest BCUT2D eigenvalue weighted by Gasteiger charge is -2.10. The molecule has 0 aromatic heterocycles. The smallest absolute Gasteiger partial charge is 0.147 e. The van der Waals surface area contributed by atoms with Gasteiger partial charge < -0.3 is 4.57 Å². The molecular weight excluding hydrogens is 121 g/mol. The molecule has 0 aliphatic rings. The summed E-state index contributed by atoms with van der Waals surface area (Å²) < 4.78 is 11.2. The first kappa shape index (κ1) is 8.19. The first-order chi connectivity index (χ1) is 3.68. The zero-order chi connectivity index (χ0) is 6.62. The minimum atomic E-state index is -1.91. The second-order valence-electron chi connectivity index (χ2n) is 1.75. The maximum atomic E-state index is 11.2. The van der Waals surface area contributed by atoms with Crippen LogP contribution in [0.25, 0.3) is 0 Å². The molecule has 0 unspecified atom stereocenters. The first-order valence-corrected chi connectivity index (χ1v) is 5.03. The van der Waals surface area contributed by atoms with Crippen molar-refractivity contribution in [1.82, 2.24) is 5.09 Å². The van der Waals surface area contributed by atoms with Crippen LogP contribution in [0.15, 0.2) is 0 Å². The van der Waals surface area contributed by atoms with Crippen LogP contribution in [0.3, 0.4) is 0 Å². The third kappa shape index (κ3) is 1.97. The van der Waals surface area contributed by atoms with E-state index in [0.29, 0.717) is 0 Å². The lowest BCUT2D eigenvalue weighted by molar-refractivity contribution is 0.570. The molecule has 0 aromatic rings. The van der Waals surface area contributed by atoms with Gasteiger partial charge in [-0.3, -0.25) is 5.09 Å². The summed E-state index contributed by atoms with van der Waals surface area (Å²) in [5.41, 5.74) is 0. The van der Waals surface area contributed by atoms with Gasteiger partial charge >= 0.3 is 0 Å². The summed E-state index contributed by atoms with van der Waals surface area (Å²) in [6, 6.07) is 0. The molecule has 0 radical (unpaired) electrons. The Labute approximate surface area is 51.1 Å². The third-order valence-corrected chi connectivity index (χ3v) is 4.29. The second kappa shape index (κ2) is 3.26. The Kier molecular flexibility index (Phi) is 3.34. The monoisotopic (exact) mass is 135 g/mol. The molecule has 0 rings (SSSR count). The van der Waals surface area contributed by atoms with Crippen LogP contribution < -0.4 is 5.09 Å². The molecule has 0 bridgehead atoms. The number of hydrogen-bond acceptors (Lipinski definition) is 1. The molecule has 0 fully saturated rings. The van der Waals surface area contributed by atoms with Gasteiger partial charge in [0.2, 0.25) is 0 Å². The quantitative estimate of drug-likeness (QED) is 0.594. The van der Waals surface area contributed by atoms with Crippen LogP contribution in [0.5, 0.6) is 0 Å². The average molecular weight is 135 g/mol. The van der Waals surface area contributed by atoms with Crippen LogP contribution in [0.2, 0.25) is 0 Å². The van der Waals surface area contributed by atoms with Crippen LogP contribution in [0.4, 0.5) is 0 Å². The van der Waals surface area contributed by atoms with Crippen molar-refractivity contribution >= 4 is 7.29 Å². The Morgan fingerprint density at radius 3 is 1.75 bits per heavy atom. The van der Waals surface area contributed by atoms with Crippen molar-refractivity contribution in [2.45, 2.75) is 13.8 Å². The molecule has 0 spiro atoms. The van der Waals surface area contributed by atoms with E-state index < -0.39 is 7.29 Å². The summed E-state index contributed by atoms with van der Waals surface area (Å²) in [5, 5.41) is 2.83. The summed E-state index contributed by atoms with van der Waals surface area (Å²) in [7, 11) is -0.154.